The number of imidazole rings is 1. The maximum absolute atomic E-state index is 14.7. The lowest BCUT2D eigenvalue weighted by molar-refractivity contribution is 0.0946. The molecule has 2 aromatic heterocycles. The van der Waals surface area contributed by atoms with Crippen molar-refractivity contribution >= 4 is 46.4 Å². The number of carbonyl (C=O) groups excluding carboxylic acids is 1. The highest BCUT2D eigenvalue weighted by atomic mass is 35.5. The van der Waals surface area contributed by atoms with E-state index in [1.807, 2.05) is 11.8 Å². The molecule has 4 aromatic rings. The van der Waals surface area contributed by atoms with E-state index in [1.165, 1.54) is 31.6 Å². The van der Waals surface area contributed by atoms with Gasteiger partial charge in [0.05, 0.1) is 29.6 Å². The number of hydrogen-bond acceptors (Lipinski definition) is 6. The molecular formula is C26H24ClF2N5O2S. The van der Waals surface area contributed by atoms with Crippen molar-refractivity contribution in [2.45, 2.75) is 12.8 Å². The molecule has 1 aliphatic heterocycles. The number of nitrogens with one attached hydrogen (secondary N) is 2. The summed E-state index contributed by atoms with van der Waals surface area (Å²) in [6, 6.07) is 7.82. The van der Waals surface area contributed by atoms with Gasteiger partial charge in [-0.15, -0.1) is 0 Å². The fourth-order valence-corrected chi connectivity index (χ4v) is 5.76. The van der Waals surface area contributed by atoms with E-state index >= 15 is 0 Å². The van der Waals surface area contributed by atoms with Crippen LogP contribution in [0.4, 0.5) is 20.3 Å². The van der Waals surface area contributed by atoms with Gasteiger partial charge in [-0.3, -0.25) is 9.20 Å². The molecule has 7 nitrogen and oxygen atoms in total. The first-order valence-corrected chi connectivity index (χ1v) is 13.3. The lowest BCUT2D eigenvalue weighted by Gasteiger charge is -2.21. The standard InChI is InChI=1S/C26H24ClF2N5O2S/c1-36-21-5-4-18(22(28)23(21)29)20-14-31-25-24(30-8-9-34(20)25)33-16-2-3-17(19(27)12-16)26(35)32-13-15-6-10-37-11-7-15/h2-5,8-9,12,14-15H,6-7,10-11,13H2,1H3,(H,30,33)(H,32,35). The number of anilines is 2. The predicted molar refractivity (Wildman–Crippen MR) is 142 cm³/mol. The minimum atomic E-state index is -1.07. The van der Waals surface area contributed by atoms with Crippen LogP contribution in [0.1, 0.15) is 23.2 Å². The molecule has 1 fully saturated rings. The summed E-state index contributed by atoms with van der Waals surface area (Å²) in [5.74, 6) is 0.654. The normalized spacial score (nSPS) is 14.1. The third kappa shape index (κ3) is 5.21. The summed E-state index contributed by atoms with van der Waals surface area (Å²) in [7, 11) is 1.28. The molecule has 1 saturated heterocycles. The van der Waals surface area contributed by atoms with Crippen LogP contribution >= 0.6 is 23.4 Å². The lowest BCUT2D eigenvalue weighted by atomic mass is 10.0. The molecule has 2 aromatic carbocycles. The third-order valence-electron chi connectivity index (χ3n) is 6.34. The summed E-state index contributed by atoms with van der Waals surface area (Å²) < 4.78 is 35.5. The zero-order valence-electron chi connectivity index (χ0n) is 19.9. The topological polar surface area (TPSA) is 80.5 Å². The number of fused-ring (bicyclic) bond motifs is 1. The van der Waals surface area contributed by atoms with Crippen molar-refractivity contribution in [3.63, 3.8) is 0 Å². The van der Waals surface area contributed by atoms with Crippen molar-refractivity contribution in [3.05, 3.63) is 71.1 Å². The number of aromatic nitrogens is 3. The molecule has 0 aliphatic carbocycles. The Bertz CT molecular complexity index is 1460. The van der Waals surface area contributed by atoms with Crippen LogP contribution in [-0.4, -0.2) is 45.4 Å². The van der Waals surface area contributed by atoms with Crippen LogP contribution in [0.5, 0.6) is 5.75 Å². The number of benzene rings is 2. The molecule has 37 heavy (non-hydrogen) atoms. The highest BCUT2D eigenvalue weighted by Crippen LogP contribution is 2.32. The molecule has 0 unspecified atom stereocenters. The predicted octanol–water partition coefficient (Wildman–Crippen LogP) is 5.95. The number of amides is 1. The first-order chi connectivity index (χ1) is 18.0. The SMILES string of the molecule is COc1ccc(-c2cnc3c(Nc4ccc(C(=O)NCC5CCSCC5)c(Cl)c4)nccn23)c(F)c1F. The highest BCUT2D eigenvalue weighted by molar-refractivity contribution is 7.99. The monoisotopic (exact) mass is 543 g/mol. The van der Waals surface area contributed by atoms with E-state index in [-0.39, 0.29) is 17.2 Å². The van der Waals surface area contributed by atoms with Gasteiger partial charge >= 0.3 is 0 Å². The molecule has 3 heterocycles. The quantitative estimate of drug-likeness (QED) is 0.300. The first kappa shape index (κ1) is 25.3. The van der Waals surface area contributed by atoms with E-state index in [9.17, 15) is 13.6 Å². The van der Waals surface area contributed by atoms with Crippen LogP contribution in [0.2, 0.25) is 5.02 Å². The van der Waals surface area contributed by atoms with E-state index in [2.05, 4.69) is 20.6 Å². The second kappa shape index (κ2) is 10.9. The number of hydrogen-bond donors (Lipinski definition) is 2. The smallest absolute Gasteiger partial charge is 0.252 e. The van der Waals surface area contributed by atoms with Gasteiger partial charge in [0, 0.05) is 30.2 Å². The van der Waals surface area contributed by atoms with Crippen molar-refractivity contribution < 1.29 is 18.3 Å². The molecule has 11 heteroatoms. The number of ether oxygens (including phenoxy) is 1. The summed E-state index contributed by atoms with van der Waals surface area (Å²) in [4.78, 5) is 21.4. The van der Waals surface area contributed by atoms with Crippen LogP contribution < -0.4 is 15.4 Å². The average molecular weight is 544 g/mol. The summed E-state index contributed by atoms with van der Waals surface area (Å²) in [5.41, 5.74) is 1.77. The van der Waals surface area contributed by atoms with Crippen molar-refractivity contribution in [3.8, 4) is 17.0 Å². The van der Waals surface area contributed by atoms with Crippen molar-refractivity contribution in [2.75, 3.05) is 30.5 Å². The molecule has 192 valence electrons. The number of methoxy groups -OCH3 is 1. The first-order valence-electron chi connectivity index (χ1n) is 11.7. The van der Waals surface area contributed by atoms with Gasteiger partial charge in [0.15, 0.2) is 23.0 Å². The summed E-state index contributed by atoms with van der Waals surface area (Å²) in [6.45, 7) is 0.641. The summed E-state index contributed by atoms with van der Waals surface area (Å²) in [5, 5.41) is 6.44. The minimum Gasteiger partial charge on any atom is -0.494 e. The maximum atomic E-state index is 14.7. The average Bonchev–Trinajstić information content (AvgIpc) is 3.34. The van der Waals surface area contributed by atoms with Crippen LogP contribution in [-0.2, 0) is 0 Å². The van der Waals surface area contributed by atoms with Gasteiger partial charge in [0.25, 0.3) is 5.91 Å². The number of carbonyl (C=O) groups is 1. The Labute approximate surface area is 221 Å². The molecule has 0 radical (unpaired) electrons. The highest BCUT2D eigenvalue weighted by Gasteiger charge is 2.20. The van der Waals surface area contributed by atoms with Crippen LogP contribution in [0.3, 0.4) is 0 Å². The van der Waals surface area contributed by atoms with Crippen molar-refractivity contribution in [2.24, 2.45) is 5.92 Å². The Hall–Kier alpha value is -3.37. The summed E-state index contributed by atoms with van der Waals surface area (Å²) >= 11 is 8.39. The van der Waals surface area contributed by atoms with E-state index in [0.717, 1.165) is 24.3 Å². The zero-order valence-corrected chi connectivity index (χ0v) is 21.5. The molecule has 1 amide bonds. The number of thioether (sulfide) groups is 1. The van der Waals surface area contributed by atoms with Crippen LogP contribution in [0.25, 0.3) is 16.9 Å². The second-order valence-corrected chi connectivity index (χ2v) is 10.3. The number of rotatable bonds is 7. The van der Waals surface area contributed by atoms with E-state index in [4.69, 9.17) is 16.3 Å². The fraction of sp³-hybridized carbons (Fsp3) is 0.269. The van der Waals surface area contributed by atoms with Gasteiger partial charge in [0.2, 0.25) is 5.82 Å². The maximum Gasteiger partial charge on any atom is 0.252 e. The van der Waals surface area contributed by atoms with Crippen LogP contribution in [0, 0.1) is 17.6 Å². The molecule has 5 rings (SSSR count). The lowest BCUT2D eigenvalue weighted by Crippen LogP contribution is -2.31. The molecule has 0 bridgehead atoms. The Morgan fingerprint density at radius 3 is 2.76 bits per heavy atom. The molecule has 2 N–H and O–H groups in total. The van der Waals surface area contributed by atoms with Gasteiger partial charge in [-0.2, -0.15) is 16.2 Å². The van der Waals surface area contributed by atoms with Crippen molar-refractivity contribution in [1.82, 2.24) is 19.7 Å². The Morgan fingerprint density at radius 2 is 2.00 bits per heavy atom. The van der Waals surface area contributed by atoms with Gasteiger partial charge in [-0.05, 0) is 60.6 Å². The zero-order chi connectivity index (χ0) is 25.9. The molecular weight excluding hydrogens is 520 g/mol. The van der Waals surface area contributed by atoms with Gasteiger partial charge < -0.3 is 15.4 Å². The van der Waals surface area contributed by atoms with E-state index < -0.39 is 11.6 Å². The molecule has 0 spiro atoms. The molecule has 0 saturated carbocycles. The molecule has 0 atom stereocenters. The fourth-order valence-electron chi connectivity index (χ4n) is 4.29. The van der Waals surface area contributed by atoms with E-state index in [1.54, 1.807) is 28.8 Å². The largest absolute Gasteiger partial charge is 0.494 e. The number of halogens is 3. The van der Waals surface area contributed by atoms with E-state index in [0.29, 0.717) is 45.9 Å². The Morgan fingerprint density at radius 1 is 1.19 bits per heavy atom. The van der Waals surface area contributed by atoms with Gasteiger partial charge in [0.1, 0.15) is 0 Å². The third-order valence-corrected chi connectivity index (χ3v) is 7.70. The van der Waals surface area contributed by atoms with Gasteiger partial charge in [-0.25, -0.2) is 14.4 Å². The minimum absolute atomic E-state index is 0.0355. The van der Waals surface area contributed by atoms with Crippen molar-refractivity contribution in [1.29, 1.82) is 0 Å². The summed E-state index contributed by atoms with van der Waals surface area (Å²) in [6.07, 6.45) is 6.78. The molecule has 1 aliphatic rings. The second-order valence-electron chi connectivity index (χ2n) is 8.64. The number of nitrogens with zero attached hydrogens (tertiary/aromatic N) is 3. The van der Waals surface area contributed by atoms with Crippen LogP contribution in [0.15, 0.2) is 48.9 Å². The Kier molecular flexibility index (Phi) is 7.48. The Balaban J connectivity index is 1.35. The van der Waals surface area contributed by atoms with Gasteiger partial charge in [-0.1, -0.05) is 11.6 Å².